The van der Waals surface area contributed by atoms with E-state index in [0.717, 1.165) is 62.9 Å². The Hall–Kier alpha value is -1.63. The van der Waals surface area contributed by atoms with Gasteiger partial charge in [0.05, 0.1) is 12.2 Å². The third-order valence-corrected chi connectivity index (χ3v) is 6.08. The van der Waals surface area contributed by atoms with E-state index in [4.69, 9.17) is 4.74 Å². The van der Waals surface area contributed by atoms with Crippen LogP contribution in [0.1, 0.15) is 45.1 Å². The molecule has 6 heteroatoms. The van der Waals surface area contributed by atoms with E-state index < -0.39 is 0 Å². The molecule has 2 aliphatic heterocycles. The first-order chi connectivity index (χ1) is 13.6. The fraction of sp³-hybridized carbons (Fsp3) is 0.682. The highest BCUT2D eigenvalue weighted by Crippen LogP contribution is 2.29. The number of rotatable bonds is 5. The second kappa shape index (κ2) is 8.80. The van der Waals surface area contributed by atoms with Crippen molar-refractivity contribution in [2.24, 2.45) is 0 Å². The van der Waals surface area contributed by atoms with Crippen molar-refractivity contribution < 1.29 is 9.53 Å². The quantitative estimate of drug-likeness (QED) is 0.817. The predicted molar refractivity (Wildman–Crippen MR) is 111 cm³/mol. The van der Waals surface area contributed by atoms with Crippen LogP contribution in [0.4, 0.5) is 10.5 Å². The average molecular weight is 387 g/mol. The maximum absolute atomic E-state index is 12.6. The molecule has 1 aromatic carbocycles. The van der Waals surface area contributed by atoms with Crippen LogP contribution in [0.15, 0.2) is 24.3 Å². The molecule has 28 heavy (non-hydrogen) atoms. The SMILES string of the molecule is CC1CN(Cc2ccccc2NC(=O)NC2CCN(C3CC3)CC2)CC(C)O1. The summed E-state index contributed by atoms with van der Waals surface area (Å²) >= 11 is 0. The minimum atomic E-state index is -0.0824. The molecule has 0 aromatic heterocycles. The molecule has 2 N–H and O–H groups in total. The topological polar surface area (TPSA) is 56.8 Å². The number of nitrogens with zero attached hydrogens (tertiary/aromatic N) is 2. The van der Waals surface area contributed by atoms with Crippen LogP contribution in [-0.4, -0.2) is 66.3 Å². The van der Waals surface area contributed by atoms with Crippen LogP contribution >= 0.6 is 0 Å². The molecular weight excluding hydrogens is 352 g/mol. The number of hydrogen-bond acceptors (Lipinski definition) is 4. The second-order valence-corrected chi connectivity index (χ2v) is 8.75. The molecule has 1 aromatic rings. The van der Waals surface area contributed by atoms with E-state index in [1.54, 1.807) is 0 Å². The summed E-state index contributed by atoms with van der Waals surface area (Å²) in [5.74, 6) is 0. The van der Waals surface area contributed by atoms with Gasteiger partial charge in [-0.05, 0) is 51.2 Å². The van der Waals surface area contributed by atoms with Crippen molar-refractivity contribution >= 4 is 11.7 Å². The average Bonchev–Trinajstić information content (AvgIpc) is 3.48. The second-order valence-electron chi connectivity index (χ2n) is 8.75. The van der Waals surface area contributed by atoms with Crippen LogP contribution in [0.25, 0.3) is 0 Å². The van der Waals surface area contributed by atoms with Gasteiger partial charge in [0.1, 0.15) is 0 Å². The molecule has 2 amide bonds. The van der Waals surface area contributed by atoms with Gasteiger partial charge in [-0.15, -0.1) is 0 Å². The van der Waals surface area contributed by atoms with Crippen molar-refractivity contribution in [1.29, 1.82) is 0 Å². The maximum Gasteiger partial charge on any atom is 0.319 e. The third-order valence-electron chi connectivity index (χ3n) is 6.08. The molecule has 3 fully saturated rings. The zero-order valence-electron chi connectivity index (χ0n) is 17.2. The van der Waals surface area contributed by atoms with Gasteiger partial charge < -0.3 is 20.3 Å². The standard InChI is InChI=1S/C22H34N4O2/c1-16-13-25(14-17(2)28-16)15-18-5-3-4-6-21(18)24-22(27)23-19-9-11-26(12-10-19)20-7-8-20/h3-6,16-17,19-20H,7-15H2,1-2H3,(H2,23,24,27). The van der Waals surface area contributed by atoms with Gasteiger partial charge in [0.15, 0.2) is 0 Å². The number of piperidine rings is 1. The van der Waals surface area contributed by atoms with Crippen LogP contribution in [0.2, 0.25) is 0 Å². The number of carbonyl (C=O) groups excluding carboxylic acids is 1. The molecule has 6 nitrogen and oxygen atoms in total. The summed E-state index contributed by atoms with van der Waals surface area (Å²) in [7, 11) is 0. The lowest BCUT2D eigenvalue weighted by molar-refractivity contribution is -0.0704. The molecule has 2 heterocycles. The number of carbonyl (C=O) groups is 1. The predicted octanol–water partition coefficient (Wildman–Crippen LogP) is 3.04. The summed E-state index contributed by atoms with van der Waals surface area (Å²) in [6.45, 7) is 9.13. The van der Waals surface area contributed by atoms with Gasteiger partial charge in [-0.25, -0.2) is 4.79 Å². The van der Waals surface area contributed by atoms with Crippen LogP contribution in [0, 0.1) is 0 Å². The highest BCUT2D eigenvalue weighted by Gasteiger charge is 2.32. The molecule has 1 aliphatic carbocycles. The molecule has 0 bridgehead atoms. The Balaban J connectivity index is 1.30. The molecule has 1 saturated carbocycles. The molecule has 154 valence electrons. The van der Waals surface area contributed by atoms with E-state index in [2.05, 4.69) is 40.3 Å². The number of benzene rings is 1. The van der Waals surface area contributed by atoms with E-state index in [9.17, 15) is 4.79 Å². The lowest BCUT2D eigenvalue weighted by atomic mass is 10.1. The molecule has 3 aliphatic rings. The van der Waals surface area contributed by atoms with Gasteiger partial charge in [-0.1, -0.05) is 18.2 Å². The number of para-hydroxylation sites is 1. The molecule has 2 atom stereocenters. The first-order valence-corrected chi connectivity index (χ1v) is 10.8. The molecule has 2 unspecified atom stereocenters. The summed E-state index contributed by atoms with van der Waals surface area (Å²) in [5, 5.41) is 6.28. The zero-order valence-corrected chi connectivity index (χ0v) is 17.2. The molecule has 4 rings (SSSR count). The fourth-order valence-electron chi connectivity index (χ4n) is 4.63. The summed E-state index contributed by atoms with van der Waals surface area (Å²) in [4.78, 5) is 17.6. The lowest BCUT2D eigenvalue weighted by Gasteiger charge is -2.35. The number of likely N-dealkylation sites (tertiary alicyclic amines) is 1. The van der Waals surface area contributed by atoms with Crippen molar-refractivity contribution in [2.45, 2.75) is 70.4 Å². The Morgan fingerprint density at radius 2 is 1.75 bits per heavy atom. The van der Waals surface area contributed by atoms with Gasteiger partial charge >= 0.3 is 6.03 Å². The van der Waals surface area contributed by atoms with Crippen molar-refractivity contribution in [3.05, 3.63) is 29.8 Å². The minimum Gasteiger partial charge on any atom is -0.373 e. The maximum atomic E-state index is 12.6. The first kappa shape index (κ1) is 19.7. The van der Waals surface area contributed by atoms with Crippen molar-refractivity contribution in [1.82, 2.24) is 15.1 Å². The van der Waals surface area contributed by atoms with Crippen LogP contribution in [0.5, 0.6) is 0 Å². The van der Waals surface area contributed by atoms with Crippen molar-refractivity contribution in [2.75, 3.05) is 31.5 Å². The monoisotopic (exact) mass is 386 g/mol. The zero-order chi connectivity index (χ0) is 19.5. The van der Waals surface area contributed by atoms with Gasteiger partial charge in [-0.3, -0.25) is 4.90 Å². The Morgan fingerprint density at radius 3 is 2.43 bits per heavy atom. The number of amides is 2. The van der Waals surface area contributed by atoms with E-state index in [0.29, 0.717) is 0 Å². The van der Waals surface area contributed by atoms with E-state index >= 15 is 0 Å². The number of nitrogens with one attached hydrogen (secondary N) is 2. The highest BCUT2D eigenvalue weighted by molar-refractivity contribution is 5.90. The van der Waals surface area contributed by atoms with Crippen LogP contribution in [-0.2, 0) is 11.3 Å². The normalized spacial score (nSPS) is 27.5. The summed E-state index contributed by atoms with van der Waals surface area (Å²) < 4.78 is 5.83. The number of anilines is 1. The lowest BCUT2D eigenvalue weighted by Crippen LogP contribution is -2.46. The van der Waals surface area contributed by atoms with Crippen molar-refractivity contribution in [3.63, 3.8) is 0 Å². The van der Waals surface area contributed by atoms with Crippen LogP contribution < -0.4 is 10.6 Å². The van der Waals surface area contributed by atoms with E-state index in [1.165, 1.54) is 12.8 Å². The number of morpholine rings is 1. The Kier molecular flexibility index (Phi) is 6.19. The smallest absolute Gasteiger partial charge is 0.319 e. The summed E-state index contributed by atoms with van der Waals surface area (Å²) in [6, 6.07) is 9.15. The van der Waals surface area contributed by atoms with Gasteiger partial charge in [0, 0.05) is 50.5 Å². The number of ether oxygens (including phenoxy) is 1. The number of hydrogen-bond donors (Lipinski definition) is 2. The Labute approximate surface area is 168 Å². The van der Waals surface area contributed by atoms with E-state index in [1.807, 2.05) is 18.2 Å². The van der Waals surface area contributed by atoms with Gasteiger partial charge in [-0.2, -0.15) is 0 Å². The van der Waals surface area contributed by atoms with E-state index in [-0.39, 0.29) is 24.3 Å². The molecule has 2 saturated heterocycles. The van der Waals surface area contributed by atoms with Gasteiger partial charge in [0.25, 0.3) is 0 Å². The largest absolute Gasteiger partial charge is 0.373 e. The molecular formula is C22H34N4O2. The van der Waals surface area contributed by atoms with Crippen LogP contribution in [0.3, 0.4) is 0 Å². The first-order valence-electron chi connectivity index (χ1n) is 10.8. The molecule has 0 radical (unpaired) electrons. The fourth-order valence-corrected chi connectivity index (χ4v) is 4.63. The minimum absolute atomic E-state index is 0.0824. The van der Waals surface area contributed by atoms with Crippen molar-refractivity contribution in [3.8, 4) is 0 Å². The Morgan fingerprint density at radius 1 is 1.07 bits per heavy atom. The Bertz CT molecular complexity index is 660. The molecule has 0 spiro atoms. The summed E-state index contributed by atoms with van der Waals surface area (Å²) in [6.07, 6.45) is 5.30. The summed E-state index contributed by atoms with van der Waals surface area (Å²) in [5.41, 5.74) is 2.06. The third kappa shape index (κ3) is 5.25. The number of urea groups is 1. The highest BCUT2D eigenvalue weighted by atomic mass is 16.5. The van der Waals surface area contributed by atoms with Gasteiger partial charge in [0.2, 0.25) is 0 Å².